The third-order valence-corrected chi connectivity index (χ3v) is 6.36. The fourth-order valence-electron chi connectivity index (χ4n) is 2.86. The average molecular weight is 422 g/mol. The minimum absolute atomic E-state index is 0.243. The minimum atomic E-state index is -3.62. The summed E-state index contributed by atoms with van der Waals surface area (Å²) in [6.07, 6.45) is 0. The Kier molecular flexibility index (Phi) is 7.88. The van der Waals surface area contributed by atoms with Gasteiger partial charge in [-0.05, 0) is 31.2 Å². The summed E-state index contributed by atoms with van der Waals surface area (Å²) >= 11 is 0. The first kappa shape index (κ1) is 21.6. The highest BCUT2D eigenvalue weighted by atomic mass is 32.2. The molecule has 29 heavy (non-hydrogen) atoms. The largest absolute Gasteiger partial charge is 0.487 e. The normalized spacial score (nSPS) is 17.8. The Bertz CT molecular complexity index is 834. The van der Waals surface area contributed by atoms with Crippen LogP contribution >= 0.6 is 0 Å². The lowest BCUT2D eigenvalue weighted by Crippen LogP contribution is -2.37. The molecular weight excluding hydrogens is 394 g/mol. The molecule has 3 rings (SSSR count). The van der Waals surface area contributed by atoms with Crippen molar-refractivity contribution in [2.75, 3.05) is 52.7 Å². The number of rotatable bonds is 2. The fourth-order valence-corrected chi connectivity index (χ4v) is 4.27. The Hall–Kier alpha value is -2.13. The second-order valence-corrected chi connectivity index (χ2v) is 8.52. The Morgan fingerprint density at radius 1 is 0.724 bits per heavy atom. The maximum absolute atomic E-state index is 13.0. The Labute approximate surface area is 172 Å². The van der Waals surface area contributed by atoms with E-state index in [9.17, 15) is 8.42 Å². The summed E-state index contributed by atoms with van der Waals surface area (Å²) < 4.78 is 50.0. The van der Waals surface area contributed by atoms with Crippen LogP contribution < -0.4 is 9.47 Å². The number of nitrogens with zero attached hydrogens (tertiary/aromatic N) is 1. The van der Waals surface area contributed by atoms with Gasteiger partial charge in [0, 0.05) is 13.1 Å². The molecule has 7 nitrogen and oxygen atoms in total. The molecule has 0 aliphatic carbocycles. The van der Waals surface area contributed by atoms with Gasteiger partial charge in [0.2, 0.25) is 10.0 Å². The molecule has 0 bridgehead atoms. The van der Waals surface area contributed by atoms with E-state index in [4.69, 9.17) is 18.9 Å². The van der Waals surface area contributed by atoms with Crippen molar-refractivity contribution in [2.45, 2.75) is 11.8 Å². The quantitative estimate of drug-likeness (QED) is 0.742. The van der Waals surface area contributed by atoms with Crippen LogP contribution in [0.25, 0.3) is 0 Å². The molecule has 0 aromatic heterocycles. The molecule has 0 fully saturated rings. The average Bonchev–Trinajstić information content (AvgIpc) is 2.72. The summed E-state index contributed by atoms with van der Waals surface area (Å²) in [4.78, 5) is 0.267. The van der Waals surface area contributed by atoms with Crippen LogP contribution in [0.3, 0.4) is 0 Å². The van der Waals surface area contributed by atoms with Gasteiger partial charge >= 0.3 is 0 Å². The van der Waals surface area contributed by atoms with E-state index in [1.807, 2.05) is 31.2 Å². The number of aryl methyl sites for hydroxylation is 1. The standard InChI is InChI=1S/C21H27NO6S/c1-18-6-8-19(9-7-18)29(23,24)22-10-12-25-14-16-27-20-4-2-3-5-21(20)28-17-15-26-13-11-22/h2-9H,10-17H2,1H3. The number of benzene rings is 2. The van der Waals surface area contributed by atoms with Gasteiger partial charge in [-0.3, -0.25) is 0 Å². The van der Waals surface area contributed by atoms with Crippen LogP contribution in [-0.4, -0.2) is 65.5 Å². The number of sulfonamides is 1. The molecule has 0 amide bonds. The van der Waals surface area contributed by atoms with E-state index >= 15 is 0 Å². The molecule has 0 N–H and O–H groups in total. The topological polar surface area (TPSA) is 74.3 Å². The van der Waals surface area contributed by atoms with Crippen molar-refractivity contribution in [3.05, 3.63) is 54.1 Å². The summed E-state index contributed by atoms with van der Waals surface area (Å²) in [6.45, 7) is 4.35. The zero-order valence-corrected chi connectivity index (χ0v) is 17.4. The second-order valence-electron chi connectivity index (χ2n) is 6.59. The molecule has 1 aliphatic rings. The highest BCUT2D eigenvalue weighted by Gasteiger charge is 2.24. The summed E-state index contributed by atoms with van der Waals surface area (Å²) in [5.41, 5.74) is 1.01. The third kappa shape index (κ3) is 6.17. The summed E-state index contributed by atoms with van der Waals surface area (Å²) in [6, 6.07) is 14.3. The van der Waals surface area contributed by atoms with Gasteiger partial charge in [0.25, 0.3) is 0 Å². The highest BCUT2D eigenvalue weighted by Crippen LogP contribution is 2.26. The molecule has 0 radical (unpaired) electrons. The highest BCUT2D eigenvalue weighted by molar-refractivity contribution is 7.89. The summed E-state index contributed by atoms with van der Waals surface area (Å²) in [5.74, 6) is 1.30. The van der Waals surface area contributed by atoms with E-state index in [1.54, 1.807) is 24.3 Å². The smallest absolute Gasteiger partial charge is 0.243 e. The molecule has 2 aromatic carbocycles. The van der Waals surface area contributed by atoms with Gasteiger partial charge in [-0.1, -0.05) is 29.8 Å². The van der Waals surface area contributed by atoms with Crippen LogP contribution in [0.4, 0.5) is 0 Å². The molecule has 1 aliphatic heterocycles. The van der Waals surface area contributed by atoms with Crippen molar-refractivity contribution in [3.63, 3.8) is 0 Å². The molecular formula is C21H27NO6S. The number of para-hydroxylation sites is 2. The van der Waals surface area contributed by atoms with Gasteiger partial charge in [-0.2, -0.15) is 4.31 Å². The van der Waals surface area contributed by atoms with Crippen molar-refractivity contribution >= 4 is 10.0 Å². The first-order valence-electron chi connectivity index (χ1n) is 9.64. The SMILES string of the molecule is Cc1ccc(S(=O)(=O)N2CCOCCOc3ccccc3OCCOCC2)cc1. The van der Waals surface area contributed by atoms with Crippen molar-refractivity contribution in [3.8, 4) is 11.5 Å². The molecule has 0 spiro atoms. The maximum atomic E-state index is 13.0. The first-order chi connectivity index (χ1) is 14.1. The van der Waals surface area contributed by atoms with Gasteiger partial charge in [-0.15, -0.1) is 0 Å². The lowest BCUT2D eigenvalue weighted by molar-refractivity contribution is 0.0804. The van der Waals surface area contributed by atoms with Crippen LogP contribution in [0.15, 0.2) is 53.4 Å². The van der Waals surface area contributed by atoms with E-state index in [2.05, 4.69) is 0 Å². The zero-order valence-electron chi connectivity index (χ0n) is 16.6. The van der Waals surface area contributed by atoms with E-state index in [1.165, 1.54) is 4.31 Å². The molecule has 1 heterocycles. The number of hydrogen-bond acceptors (Lipinski definition) is 6. The van der Waals surface area contributed by atoms with E-state index < -0.39 is 10.0 Å². The predicted molar refractivity (Wildman–Crippen MR) is 109 cm³/mol. The van der Waals surface area contributed by atoms with Gasteiger partial charge in [0.05, 0.1) is 31.3 Å². The van der Waals surface area contributed by atoms with Crippen LogP contribution in [0, 0.1) is 6.92 Å². The van der Waals surface area contributed by atoms with E-state index in [0.29, 0.717) is 37.9 Å². The van der Waals surface area contributed by atoms with Crippen LogP contribution in [-0.2, 0) is 19.5 Å². The molecule has 0 atom stereocenters. The molecule has 0 saturated carbocycles. The van der Waals surface area contributed by atoms with Crippen molar-refractivity contribution < 1.29 is 27.4 Å². The van der Waals surface area contributed by atoms with Crippen LogP contribution in [0.2, 0.25) is 0 Å². The minimum Gasteiger partial charge on any atom is -0.487 e. The third-order valence-electron chi connectivity index (χ3n) is 4.45. The number of fused-ring (bicyclic) bond motifs is 1. The predicted octanol–water partition coefficient (Wildman–Crippen LogP) is 2.49. The van der Waals surface area contributed by atoms with Gasteiger partial charge < -0.3 is 18.9 Å². The monoisotopic (exact) mass is 421 g/mol. The van der Waals surface area contributed by atoms with Crippen molar-refractivity contribution in [2.24, 2.45) is 0 Å². The van der Waals surface area contributed by atoms with Crippen molar-refractivity contribution in [1.29, 1.82) is 0 Å². The number of hydrogen-bond donors (Lipinski definition) is 0. The lowest BCUT2D eigenvalue weighted by Gasteiger charge is -2.22. The van der Waals surface area contributed by atoms with Gasteiger partial charge in [-0.25, -0.2) is 8.42 Å². The summed E-state index contributed by atoms with van der Waals surface area (Å²) in [7, 11) is -3.62. The Morgan fingerprint density at radius 2 is 1.24 bits per heavy atom. The van der Waals surface area contributed by atoms with Gasteiger partial charge in [0.15, 0.2) is 11.5 Å². The lowest BCUT2D eigenvalue weighted by atomic mass is 10.2. The molecule has 158 valence electrons. The van der Waals surface area contributed by atoms with E-state index in [-0.39, 0.29) is 31.2 Å². The number of ether oxygens (including phenoxy) is 4. The van der Waals surface area contributed by atoms with E-state index in [0.717, 1.165) is 5.56 Å². The first-order valence-corrected chi connectivity index (χ1v) is 11.1. The Balaban J connectivity index is 1.65. The fraction of sp³-hybridized carbons (Fsp3) is 0.429. The summed E-state index contributed by atoms with van der Waals surface area (Å²) in [5, 5.41) is 0. The van der Waals surface area contributed by atoms with Crippen molar-refractivity contribution in [1.82, 2.24) is 4.31 Å². The molecule has 2 aromatic rings. The molecule has 8 heteroatoms. The zero-order chi connectivity index (χ0) is 20.5. The maximum Gasteiger partial charge on any atom is 0.243 e. The van der Waals surface area contributed by atoms with Crippen LogP contribution in [0.5, 0.6) is 11.5 Å². The van der Waals surface area contributed by atoms with Crippen LogP contribution in [0.1, 0.15) is 5.56 Å². The molecule has 0 unspecified atom stereocenters. The molecule has 0 saturated heterocycles. The second kappa shape index (κ2) is 10.6. The van der Waals surface area contributed by atoms with Gasteiger partial charge in [0.1, 0.15) is 13.2 Å². The Morgan fingerprint density at radius 3 is 1.76 bits per heavy atom.